The lowest BCUT2D eigenvalue weighted by atomic mass is 9.85. The van der Waals surface area contributed by atoms with Gasteiger partial charge in [-0.25, -0.2) is 0 Å². The molecule has 2 heterocycles. The number of aromatic nitrogens is 1. The molecule has 1 saturated heterocycles. The van der Waals surface area contributed by atoms with Gasteiger partial charge in [-0.15, -0.1) is 0 Å². The van der Waals surface area contributed by atoms with E-state index < -0.39 is 0 Å². The molecule has 0 amide bonds. The van der Waals surface area contributed by atoms with Gasteiger partial charge in [0.05, 0.1) is 11.9 Å². The Labute approximate surface area is 130 Å². The molecule has 118 valence electrons. The van der Waals surface area contributed by atoms with E-state index in [4.69, 9.17) is 0 Å². The van der Waals surface area contributed by atoms with Crippen LogP contribution < -0.4 is 10.2 Å². The van der Waals surface area contributed by atoms with Crippen LogP contribution in [0.15, 0.2) is 18.5 Å². The van der Waals surface area contributed by atoms with E-state index in [-0.39, 0.29) is 0 Å². The Bertz CT molecular complexity index is 444. The van der Waals surface area contributed by atoms with Gasteiger partial charge in [0.15, 0.2) is 0 Å². The predicted molar refractivity (Wildman–Crippen MR) is 90.5 cm³/mol. The van der Waals surface area contributed by atoms with Gasteiger partial charge in [0.25, 0.3) is 0 Å². The van der Waals surface area contributed by atoms with Crippen molar-refractivity contribution in [2.75, 3.05) is 18.0 Å². The highest BCUT2D eigenvalue weighted by Gasteiger charge is 2.29. The third kappa shape index (κ3) is 4.19. The van der Waals surface area contributed by atoms with Crippen molar-refractivity contribution < 1.29 is 0 Å². The number of anilines is 1. The summed E-state index contributed by atoms with van der Waals surface area (Å²) in [5.74, 6) is 2.18. The van der Waals surface area contributed by atoms with Crippen LogP contribution in [0.2, 0.25) is 0 Å². The van der Waals surface area contributed by atoms with Gasteiger partial charge in [-0.05, 0) is 49.3 Å². The molecule has 1 aliphatic heterocycles. The molecule has 0 aliphatic carbocycles. The van der Waals surface area contributed by atoms with Gasteiger partial charge in [-0.2, -0.15) is 0 Å². The Hall–Kier alpha value is -1.09. The minimum absolute atomic E-state index is 0.592. The van der Waals surface area contributed by atoms with Crippen molar-refractivity contribution in [3.63, 3.8) is 0 Å². The highest BCUT2D eigenvalue weighted by Crippen LogP contribution is 2.32. The first-order chi connectivity index (χ1) is 9.99. The minimum atomic E-state index is 0.592. The highest BCUT2D eigenvalue weighted by atomic mass is 15.2. The summed E-state index contributed by atoms with van der Waals surface area (Å²) in [4.78, 5) is 6.95. The molecule has 3 nitrogen and oxygen atoms in total. The SMILES string of the molecule is CC(C)CNCc1ccncc1N1CC(C)CC(C)C1C. The number of pyridine rings is 1. The third-order valence-electron chi connectivity index (χ3n) is 4.66. The van der Waals surface area contributed by atoms with Crippen molar-refractivity contribution in [1.29, 1.82) is 0 Å². The van der Waals surface area contributed by atoms with E-state index in [1.54, 1.807) is 0 Å². The summed E-state index contributed by atoms with van der Waals surface area (Å²) < 4.78 is 0. The van der Waals surface area contributed by atoms with E-state index in [1.165, 1.54) is 17.7 Å². The molecule has 1 fully saturated rings. The maximum Gasteiger partial charge on any atom is 0.0600 e. The van der Waals surface area contributed by atoms with Gasteiger partial charge >= 0.3 is 0 Å². The van der Waals surface area contributed by atoms with Crippen LogP contribution in [0.25, 0.3) is 0 Å². The molecule has 3 heteroatoms. The van der Waals surface area contributed by atoms with Crippen LogP contribution in [-0.2, 0) is 6.54 Å². The van der Waals surface area contributed by atoms with E-state index in [0.29, 0.717) is 12.0 Å². The quantitative estimate of drug-likeness (QED) is 0.896. The average molecular weight is 289 g/mol. The molecule has 0 aromatic carbocycles. The lowest BCUT2D eigenvalue weighted by molar-refractivity contribution is 0.296. The molecule has 1 aromatic heterocycles. The fourth-order valence-corrected chi connectivity index (χ4v) is 3.35. The van der Waals surface area contributed by atoms with Gasteiger partial charge in [0, 0.05) is 25.3 Å². The molecule has 21 heavy (non-hydrogen) atoms. The van der Waals surface area contributed by atoms with Gasteiger partial charge in [0.2, 0.25) is 0 Å². The second kappa shape index (κ2) is 7.26. The Morgan fingerprint density at radius 1 is 1.33 bits per heavy atom. The highest BCUT2D eigenvalue weighted by molar-refractivity contribution is 5.53. The standard InChI is InChI=1S/C18H31N3/c1-13(2)9-20-10-17-6-7-19-11-18(17)21-12-14(3)8-15(4)16(21)5/h6-7,11,13-16,20H,8-10,12H2,1-5H3. The van der Waals surface area contributed by atoms with E-state index in [2.05, 4.69) is 55.9 Å². The topological polar surface area (TPSA) is 28.2 Å². The van der Waals surface area contributed by atoms with Crippen molar-refractivity contribution in [3.05, 3.63) is 24.0 Å². The smallest absolute Gasteiger partial charge is 0.0600 e. The first-order valence-corrected chi connectivity index (χ1v) is 8.39. The van der Waals surface area contributed by atoms with Crippen molar-refractivity contribution in [3.8, 4) is 0 Å². The average Bonchev–Trinajstić information content (AvgIpc) is 2.43. The molecule has 0 saturated carbocycles. The molecular formula is C18H31N3. The summed E-state index contributed by atoms with van der Waals surface area (Å²) in [5.41, 5.74) is 2.69. The van der Waals surface area contributed by atoms with Gasteiger partial charge in [-0.3, -0.25) is 4.98 Å². The molecule has 1 aromatic rings. The lowest BCUT2D eigenvalue weighted by Crippen LogP contribution is -2.46. The van der Waals surface area contributed by atoms with Crippen LogP contribution in [0.4, 0.5) is 5.69 Å². The zero-order valence-electron chi connectivity index (χ0n) is 14.3. The molecule has 0 radical (unpaired) electrons. The molecular weight excluding hydrogens is 258 g/mol. The van der Waals surface area contributed by atoms with Crippen molar-refractivity contribution >= 4 is 5.69 Å². The molecule has 2 rings (SSSR count). The number of nitrogens with one attached hydrogen (secondary N) is 1. The molecule has 0 bridgehead atoms. The summed E-state index contributed by atoms with van der Waals surface area (Å²) in [7, 11) is 0. The summed E-state index contributed by atoms with van der Waals surface area (Å²) in [6.45, 7) is 14.7. The number of hydrogen-bond donors (Lipinski definition) is 1. The minimum Gasteiger partial charge on any atom is -0.367 e. The lowest BCUT2D eigenvalue weighted by Gasteiger charge is -2.43. The van der Waals surface area contributed by atoms with E-state index >= 15 is 0 Å². The predicted octanol–water partition coefficient (Wildman–Crippen LogP) is 3.70. The second-order valence-corrected chi connectivity index (χ2v) is 7.24. The fourth-order valence-electron chi connectivity index (χ4n) is 3.35. The Morgan fingerprint density at radius 2 is 2.10 bits per heavy atom. The van der Waals surface area contributed by atoms with E-state index in [0.717, 1.165) is 31.5 Å². The summed E-state index contributed by atoms with van der Waals surface area (Å²) >= 11 is 0. The Morgan fingerprint density at radius 3 is 2.81 bits per heavy atom. The molecule has 0 spiro atoms. The summed E-state index contributed by atoms with van der Waals surface area (Å²) in [5, 5.41) is 3.56. The summed E-state index contributed by atoms with van der Waals surface area (Å²) in [6, 6.07) is 2.76. The van der Waals surface area contributed by atoms with E-state index in [9.17, 15) is 0 Å². The van der Waals surface area contributed by atoms with Crippen LogP contribution in [0.1, 0.15) is 46.6 Å². The molecule has 3 unspecified atom stereocenters. The molecule has 1 N–H and O–H groups in total. The number of nitrogens with zero attached hydrogens (tertiary/aromatic N) is 2. The van der Waals surface area contributed by atoms with Crippen molar-refractivity contribution in [2.45, 2.75) is 53.6 Å². The van der Waals surface area contributed by atoms with Crippen molar-refractivity contribution in [2.24, 2.45) is 17.8 Å². The first kappa shape index (κ1) is 16.3. The van der Waals surface area contributed by atoms with E-state index in [1.807, 2.05) is 12.4 Å². The largest absolute Gasteiger partial charge is 0.367 e. The normalized spacial score (nSPS) is 26.4. The molecule has 1 aliphatic rings. The number of rotatable bonds is 5. The van der Waals surface area contributed by atoms with Crippen LogP contribution >= 0.6 is 0 Å². The zero-order valence-corrected chi connectivity index (χ0v) is 14.3. The monoisotopic (exact) mass is 289 g/mol. The molecule has 3 atom stereocenters. The Kier molecular flexibility index (Phi) is 5.63. The van der Waals surface area contributed by atoms with Gasteiger partial charge in [0.1, 0.15) is 0 Å². The second-order valence-electron chi connectivity index (χ2n) is 7.24. The Balaban J connectivity index is 2.14. The van der Waals surface area contributed by atoms with Crippen LogP contribution in [0.3, 0.4) is 0 Å². The zero-order chi connectivity index (χ0) is 15.4. The van der Waals surface area contributed by atoms with Crippen LogP contribution in [-0.4, -0.2) is 24.1 Å². The third-order valence-corrected chi connectivity index (χ3v) is 4.66. The number of piperidine rings is 1. The van der Waals surface area contributed by atoms with Crippen molar-refractivity contribution in [1.82, 2.24) is 10.3 Å². The van der Waals surface area contributed by atoms with Crippen LogP contribution in [0.5, 0.6) is 0 Å². The first-order valence-electron chi connectivity index (χ1n) is 8.39. The van der Waals surface area contributed by atoms with Crippen LogP contribution in [0, 0.1) is 17.8 Å². The van der Waals surface area contributed by atoms with Gasteiger partial charge in [-0.1, -0.05) is 27.7 Å². The fraction of sp³-hybridized carbons (Fsp3) is 0.722. The maximum absolute atomic E-state index is 4.38. The maximum atomic E-state index is 4.38. The van der Waals surface area contributed by atoms with Gasteiger partial charge < -0.3 is 10.2 Å². The summed E-state index contributed by atoms with van der Waals surface area (Å²) in [6.07, 6.45) is 5.30. The number of hydrogen-bond acceptors (Lipinski definition) is 3.